The van der Waals surface area contributed by atoms with Crippen LogP contribution in [0.2, 0.25) is 0 Å². The molecule has 0 unspecified atom stereocenters. The fourth-order valence-corrected chi connectivity index (χ4v) is 0.822. The molecule has 0 aliphatic heterocycles. The van der Waals surface area contributed by atoms with Crippen LogP contribution in [0.3, 0.4) is 0 Å². The molecular weight excluding hydrogens is 198 g/mol. The second-order valence-electron chi connectivity index (χ2n) is 2.57. The van der Waals surface area contributed by atoms with Crippen molar-refractivity contribution in [3.05, 3.63) is 18.2 Å². The monoisotopic (exact) mass is 204 g/mol. The van der Waals surface area contributed by atoms with E-state index in [9.17, 15) is 18.4 Å². The Morgan fingerprint density at radius 1 is 1.57 bits per heavy atom. The Morgan fingerprint density at radius 2 is 2.14 bits per heavy atom. The first-order chi connectivity index (χ1) is 6.37. The predicted molar refractivity (Wildman–Crippen MR) is 40.1 cm³/mol. The minimum atomic E-state index is -4.43. The smallest absolute Gasteiger partial charge is 0.407 e. The number of nitrogens with zero attached hydrogens (tertiary/aromatic N) is 2. The zero-order valence-corrected chi connectivity index (χ0v) is 7.07. The lowest BCUT2D eigenvalue weighted by Gasteiger charge is -2.08. The number of aromatic nitrogens is 2. The van der Waals surface area contributed by atoms with Gasteiger partial charge >= 0.3 is 11.9 Å². The Balaban J connectivity index is 3.09. The van der Waals surface area contributed by atoms with E-state index in [1.54, 1.807) is 0 Å². The summed E-state index contributed by atoms with van der Waals surface area (Å²) in [5, 5.41) is 8.09. The van der Waals surface area contributed by atoms with E-state index >= 15 is 0 Å². The van der Waals surface area contributed by atoms with Crippen molar-refractivity contribution in [3.8, 4) is 0 Å². The molecular formula is C7H6F2N2O3. The van der Waals surface area contributed by atoms with Gasteiger partial charge in [-0.2, -0.15) is 8.78 Å². The van der Waals surface area contributed by atoms with Gasteiger partial charge in [0.05, 0.1) is 0 Å². The van der Waals surface area contributed by atoms with E-state index in [1.165, 1.54) is 13.2 Å². The van der Waals surface area contributed by atoms with Gasteiger partial charge in [0.2, 0.25) is 0 Å². The molecule has 1 heterocycles. The molecule has 0 amide bonds. The third kappa shape index (κ3) is 1.48. The molecule has 0 aliphatic carbocycles. The third-order valence-corrected chi connectivity index (χ3v) is 1.58. The summed E-state index contributed by atoms with van der Waals surface area (Å²) < 4.78 is 26.4. The number of ketones is 1. The van der Waals surface area contributed by atoms with Gasteiger partial charge in [-0.05, 0) is 0 Å². The van der Waals surface area contributed by atoms with Crippen LogP contribution in [-0.4, -0.2) is 32.3 Å². The van der Waals surface area contributed by atoms with Gasteiger partial charge < -0.3 is 9.67 Å². The lowest BCUT2D eigenvalue weighted by Crippen LogP contribution is -2.39. The number of aryl methyl sites for hydroxylation is 1. The maximum absolute atomic E-state index is 12.7. The zero-order valence-electron chi connectivity index (χ0n) is 7.07. The average molecular weight is 204 g/mol. The number of alkyl halides is 2. The van der Waals surface area contributed by atoms with Gasteiger partial charge in [0, 0.05) is 19.4 Å². The van der Waals surface area contributed by atoms with Gasteiger partial charge in [-0.25, -0.2) is 9.78 Å². The van der Waals surface area contributed by atoms with Crippen LogP contribution in [0.4, 0.5) is 8.78 Å². The maximum Gasteiger partial charge on any atom is 0.407 e. The molecule has 0 aromatic carbocycles. The first-order valence-corrected chi connectivity index (χ1v) is 3.50. The molecule has 14 heavy (non-hydrogen) atoms. The van der Waals surface area contributed by atoms with Crippen LogP contribution in [0.5, 0.6) is 0 Å². The zero-order chi connectivity index (χ0) is 10.9. The highest BCUT2D eigenvalue weighted by atomic mass is 19.3. The second kappa shape index (κ2) is 3.17. The van der Waals surface area contributed by atoms with Crippen molar-refractivity contribution < 1.29 is 23.5 Å². The topological polar surface area (TPSA) is 72.2 Å². The molecule has 0 spiro atoms. The van der Waals surface area contributed by atoms with Gasteiger partial charge in [-0.15, -0.1) is 0 Å². The summed E-state index contributed by atoms with van der Waals surface area (Å²) in [6.45, 7) is 0. The number of carbonyl (C=O) groups is 2. The third-order valence-electron chi connectivity index (χ3n) is 1.58. The van der Waals surface area contributed by atoms with Crippen LogP contribution >= 0.6 is 0 Å². The molecule has 0 bridgehead atoms. The number of hydrogen-bond donors (Lipinski definition) is 1. The minimum absolute atomic E-state index is 0.586. The fraction of sp³-hybridized carbons (Fsp3) is 0.286. The number of Topliss-reactive ketones (excluding diaryl/α,β-unsaturated/α-hetero) is 1. The molecule has 76 valence electrons. The minimum Gasteiger partial charge on any atom is -0.476 e. The Bertz CT molecular complexity index is 386. The maximum atomic E-state index is 12.7. The Labute approximate surface area is 77.0 Å². The van der Waals surface area contributed by atoms with Gasteiger partial charge in [0.25, 0.3) is 5.78 Å². The number of carbonyl (C=O) groups excluding carboxylic acids is 1. The molecule has 1 aromatic rings. The molecule has 0 saturated heterocycles. The number of halogens is 2. The van der Waals surface area contributed by atoms with Crippen molar-refractivity contribution >= 4 is 11.8 Å². The molecule has 7 heteroatoms. The van der Waals surface area contributed by atoms with E-state index in [0.29, 0.717) is 0 Å². The summed E-state index contributed by atoms with van der Waals surface area (Å²) in [5.41, 5.74) is 0. The standard InChI is InChI=1S/C7H6F2N2O3/c1-11-3-2-10-5(11)4(12)7(8,9)6(13)14/h2-3H,1H3,(H,13,14). The number of hydrogen-bond acceptors (Lipinski definition) is 3. The number of aliphatic carboxylic acids is 1. The number of carboxylic acids is 1. The summed E-state index contributed by atoms with van der Waals surface area (Å²) in [5.74, 6) is -9.32. The number of carboxylic acid groups (broad SMARTS) is 1. The van der Waals surface area contributed by atoms with E-state index in [2.05, 4.69) is 4.98 Å². The molecule has 0 atom stereocenters. The van der Waals surface area contributed by atoms with Crippen LogP contribution in [0.25, 0.3) is 0 Å². The van der Waals surface area contributed by atoms with Crippen molar-refractivity contribution in [2.45, 2.75) is 5.92 Å². The summed E-state index contributed by atoms with van der Waals surface area (Å²) >= 11 is 0. The van der Waals surface area contributed by atoms with E-state index < -0.39 is 23.5 Å². The van der Waals surface area contributed by atoms with Crippen molar-refractivity contribution in [3.63, 3.8) is 0 Å². The molecule has 0 aliphatic rings. The summed E-state index contributed by atoms with van der Waals surface area (Å²) in [4.78, 5) is 24.4. The molecule has 1 aromatic heterocycles. The van der Waals surface area contributed by atoms with E-state index in [-0.39, 0.29) is 0 Å². The largest absolute Gasteiger partial charge is 0.476 e. The Hall–Kier alpha value is -1.79. The highest BCUT2D eigenvalue weighted by molar-refractivity contribution is 6.11. The van der Waals surface area contributed by atoms with Crippen molar-refractivity contribution in [1.29, 1.82) is 0 Å². The van der Waals surface area contributed by atoms with Crippen molar-refractivity contribution in [2.75, 3.05) is 0 Å². The quantitative estimate of drug-likeness (QED) is 0.568. The van der Waals surface area contributed by atoms with E-state index in [0.717, 1.165) is 10.8 Å². The van der Waals surface area contributed by atoms with E-state index in [1.807, 2.05) is 0 Å². The summed E-state index contributed by atoms with van der Waals surface area (Å²) in [6.07, 6.45) is 2.40. The van der Waals surface area contributed by atoms with Crippen LogP contribution in [0.15, 0.2) is 12.4 Å². The summed E-state index contributed by atoms with van der Waals surface area (Å²) in [7, 11) is 1.32. The van der Waals surface area contributed by atoms with Gasteiger partial charge in [0.15, 0.2) is 5.82 Å². The van der Waals surface area contributed by atoms with Crippen molar-refractivity contribution in [1.82, 2.24) is 9.55 Å². The van der Waals surface area contributed by atoms with Gasteiger partial charge in [0.1, 0.15) is 0 Å². The normalized spacial score (nSPS) is 11.4. The number of imidazole rings is 1. The van der Waals surface area contributed by atoms with Crippen LogP contribution in [-0.2, 0) is 11.8 Å². The highest BCUT2D eigenvalue weighted by Gasteiger charge is 2.49. The van der Waals surface area contributed by atoms with Crippen molar-refractivity contribution in [2.24, 2.45) is 7.05 Å². The fourth-order valence-electron chi connectivity index (χ4n) is 0.822. The first kappa shape index (κ1) is 10.3. The lowest BCUT2D eigenvalue weighted by atomic mass is 10.2. The van der Waals surface area contributed by atoms with Crippen LogP contribution < -0.4 is 0 Å². The first-order valence-electron chi connectivity index (χ1n) is 3.50. The lowest BCUT2D eigenvalue weighted by molar-refractivity contribution is -0.157. The Morgan fingerprint density at radius 3 is 2.50 bits per heavy atom. The van der Waals surface area contributed by atoms with Gasteiger partial charge in [-0.1, -0.05) is 0 Å². The predicted octanol–water partition coefficient (Wildman–Crippen LogP) is 0.323. The SMILES string of the molecule is Cn1ccnc1C(=O)C(F)(F)C(=O)O. The number of rotatable bonds is 3. The molecule has 5 nitrogen and oxygen atoms in total. The Kier molecular flexibility index (Phi) is 2.33. The average Bonchev–Trinajstić information content (AvgIpc) is 2.49. The summed E-state index contributed by atoms with van der Waals surface area (Å²) in [6, 6.07) is 0. The highest BCUT2D eigenvalue weighted by Crippen LogP contribution is 2.19. The molecule has 0 saturated carbocycles. The molecule has 0 fully saturated rings. The molecule has 0 radical (unpaired) electrons. The molecule has 1 N–H and O–H groups in total. The second-order valence-corrected chi connectivity index (χ2v) is 2.57. The van der Waals surface area contributed by atoms with Crippen LogP contribution in [0, 0.1) is 0 Å². The molecule has 1 rings (SSSR count). The van der Waals surface area contributed by atoms with Gasteiger partial charge in [-0.3, -0.25) is 4.79 Å². The van der Waals surface area contributed by atoms with E-state index in [4.69, 9.17) is 5.11 Å². The van der Waals surface area contributed by atoms with Crippen LogP contribution in [0.1, 0.15) is 10.6 Å².